The van der Waals surface area contributed by atoms with Crippen LogP contribution in [-0.4, -0.2) is 4.98 Å². The van der Waals surface area contributed by atoms with Gasteiger partial charge in [-0.1, -0.05) is 31.2 Å². The van der Waals surface area contributed by atoms with Crippen LogP contribution in [0.25, 0.3) is 0 Å². The summed E-state index contributed by atoms with van der Waals surface area (Å²) in [7, 11) is 0. The van der Waals surface area contributed by atoms with Crippen LogP contribution >= 0.6 is 0 Å². The third kappa shape index (κ3) is 2.86. The summed E-state index contributed by atoms with van der Waals surface area (Å²) in [6.45, 7) is 2.91. The Morgan fingerprint density at radius 3 is 2.72 bits per heavy atom. The third-order valence-electron chi connectivity index (χ3n) is 2.86. The molecule has 0 atom stereocenters. The summed E-state index contributed by atoms with van der Waals surface area (Å²) in [5.74, 6) is 0. The zero-order valence-corrected chi connectivity index (χ0v) is 10.4. The monoisotopic (exact) mass is 237 g/mol. The second-order valence-electron chi connectivity index (χ2n) is 4.02. The second-order valence-corrected chi connectivity index (χ2v) is 4.02. The minimum Gasteiger partial charge on any atom is -0.381 e. The van der Waals surface area contributed by atoms with Crippen LogP contribution in [0.2, 0.25) is 0 Å². The molecule has 1 heterocycles. The number of nitriles is 1. The van der Waals surface area contributed by atoms with E-state index in [2.05, 4.69) is 35.4 Å². The van der Waals surface area contributed by atoms with Gasteiger partial charge < -0.3 is 5.32 Å². The first-order chi connectivity index (χ1) is 8.83. The summed E-state index contributed by atoms with van der Waals surface area (Å²) in [6.07, 6.45) is 2.67. The van der Waals surface area contributed by atoms with E-state index in [0.717, 1.165) is 18.7 Å². The predicted octanol–water partition coefficient (Wildman–Crippen LogP) is 3.13. The lowest BCUT2D eigenvalue weighted by Crippen LogP contribution is -2.02. The summed E-state index contributed by atoms with van der Waals surface area (Å²) in [4.78, 5) is 3.95. The van der Waals surface area contributed by atoms with Crippen molar-refractivity contribution in [2.45, 2.75) is 19.9 Å². The number of aromatic nitrogens is 1. The molecule has 0 radical (unpaired) electrons. The van der Waals surface area contributed by atoms with Crippen molar-refractivity contribution < 1.29 is 0 Å². The van der Waals surface area contributed by atoms with Gasteiger partial charge >= 0.3 is 0 Å². The van der Waals surface area contributed by atoms with E-state index in [1.54, 1.807) is 12.3 Å². The molecule has 3 heteroatoms. The molecule has 18 heavy (non-hydrogen) atoms. The average molecular weight is 237 g/mol. The van der Waals surface area contributed by atoms with Crippen molar-refractivity contribution in [1.29, 1.82) is 5.26 Å². The molecule has 1 aromatic heterocycles. The molecule has 0 bridgehead atoms. The van der Waals surface area contributed by atoms with E-state index in [1.807, 2.05) is 18.2 Å². The largest absolute Gasteiger partial charge is 0.381 e. The number of aryl methyl sites for hydroxylation is 1. The van der Waals surface area contributed by atoms with Gasteiger partial charge in [0.1, 0.15) is 11.8 Å². The maximum absolute atomic E-state index is 8.79. The third-order valence-corrected chi connectivity index (χ3v) is 2.86. The highest BCUT2D eigenvalue weighted by molar-refractivity contribution is 5.46. The van der Waals surface area contributed by atoms with Crippen molar-refractivity contribution in [3.05, 3.63) is 59.4 Å². The smallest absolute Gasteiger partial charge is 0.142 e. The Hall–Kier alpha value is -2.34. The molecule has 0 unspecified atom stereocenters. The molecule has 0 saturated heterocycles. The molecule has 2 aromatic rings. The molecule has 0 amide bonds. The Balaban J connectivity index is 2.09. The molecule has 0 spiro atoms. The predicted molar refractivity (Wildman–Crippen MR) is 72.1 cm³/mol. The first kappa shape index (κ1) is 12.1. The normalized spacial score (nSPS) is 9.78. The van der Waals surface area contributed by atoms with E-state index in [1.165, 1.54) is 11.1 Å². The lowest BCUT2D eigenvalue weighted by Gasteiger charge is -2.10. The highest BCUT2D eigenvalue weighted by atomic mass is 14.9. The standard InChI is InChI=1S/C15H15N3/c1-2-12-5-3-4-6-13(12)11-18-14-7-8-17-15(9-14)10-16/h3-9H,2,11H2,1H3,(H,17,18). The van der Waals surface area contributed by atoms with Crippen LogP contribution in [0, 0.1) is 11.3 Å². The Bertz CT molecular complexity index is 570. The van der Waals surface area contributed by atoms with Gasteiger partial charge in [-0.25, -0.2) is 4.98 Å². The van der Waals surface area contributed by atoms with Crippen molar-refractivity contribution in [3.63, 3.8) is 0 Å². The fourth-order valence-corrected chi connectivity index (χ4v) is 1.87. The molecule has 2 rings (SSSR count). The van der Waals surface area contributed by atoms with Crippen LogP contribution in [0.3, 0.4) is 0 Å². The molecule has 90 valence electrons. The molecular weight excluding hydrogens is 222 g/mol. The van der Waals surface area contributed by atoms with E-state index in [-0.39, 0.29) is 0 Å². The number of anilines is 1. The van der Waals surface area contributed by atoms with Gasteiger partial charge in [-0.05, 0) is 29.7 Å². The number of hydrogen-bond donors (Lipinski definition) is 1. The Morgan fingerprint density at radius 2 is 2.00 bits per heavy atom. The summed E-state index contributed by atoms with van der Waals surface area (Å²) < 4.78 is 0. The zero-order chi connectivity index (χ0) is 12.8. The first-order valence-corrected chi connectivity index (χ1v) is 6.00. The molecular formula is C15H15N3. The number of hydrogen-bond acceptors (Lipinski definition) is 3. The van der Waals surface area contributed by atoms with Crippen LogP contribution in [-0.2, 0) is 13.0 Å². The number of rotatable bonds is 4. The number of nitrogens with one attached hydrogen (secondary N) is 1. The average Bonchev–Trinajstić information content (AvgIpc) is 2.45. The first-order valence-electron chi connectivity index (χ1n) is 6.00. The zero-order valence-electron chi connectivity index (χ0n) is 10.4. The lowest BCUT2D eigenvalue weighted by molar-refractivity contribution is 1.04. The molecule has 0 fully saturated rings. The lowest BCUT2D eigenvalue weighted by atomic mass is 10.1. The van der Waals surface area contributed by atoms with Gasteiger partial charge in [0.15, 0.2) is 0 Å². The summed E-state index contributed by atoms with van der Waals surface area (Å²) in [5.41, 5.74) is 3.99. The van der Waals surface area contributed by atoms with Crippen molar-refractivity contribution in [2.24, 2.45) is 0 Å². The molecule has 0 aliphatic heterocycles. The van der Waals surface area contributed by atoms with E-state index < -0.39 is 0 Å². The molecule has 0 aliphatic carbocycles. The Labute approximate surface area is 107 Å². The maximum atomic E-state index is 8.79. The van der Waals surface area contributed by atoms with Crippen LogP contribution < -0.4 is 5.32 Å². The number of pyridine rings is 1. The topological polar surface area (TPSA) is 48.7 Å². The quantitative estimate of drug-likeness (QED) is 0.888. The molecule has 0 aliphatic rings. The molecule has 0 saturated carbocycles. The van der Waals surface area contributed by atoms with Crippen LogP contribution in [0.1, 0.15) is 23.7 Å². The van der Waals surface area contributed by atoms with E-state index >= 15 is 0 Å². The number of nitrogens with zero attached hydrogens (tertiary/aromatic N) is 2. The summed E-state index contributed by atoms with van der Waals surface area (Å²) in [5, 5.41) is 12.1. The maximum Gasteiger partial charge on any atom is 0.142 e. The highest BCUT2D eigenvalue weighted by Gasteiger charge is 2.00. The van der Waals surface area contributed by atoms with Crippen molar-refractivity contribution in [1.82, 2.24) is 4.98 Å². The summed E-state index contributed by atoms with van der Waals surface area (Å²) in [6, 6.07) is 14.0. The van der Waals surface area contributed by atoms with Crippen molar-refractivity contribution >= 4 is 5.69 Å². The van der Waals surface area contributed by atoms with E-state index in [9.17, 15) is 0 Å². The van der Waals surface area contributed by atoms with E-state index in [4.69, 9.17) is 5.26 Å². The van der Waals surface area contributed by atoms with Gasteiger partial charge in [-0.2, -0.15) is 5.26 Å². The van der Waals surface area contributed by atoms with E-state index in [0.29, 0.717) is 5.69 Å². The van der Waals surface area contributed by atoms with Gasteiger partial charge in [-0.15, -0.1) is 0 Å². The molecule has 1 N–H and O–H groups in total. The van der Waals surface area contributed by atoms with Gasteiger partial charge in [-0.3, -0.25) is 0 Å². The SMILES string of the molecule is CCc1ccccc1CNc1ccnc(C#N)c1. The highest BCUT2D eigenvalue weighted by Crippen LogP contribution is 2.13. The van der Waals surface area contributed by atoms with Gasteiger partial charge in [0.2, 0.25) is 0 Å². The fourth-order valence-electron chi connectivity index (χ4n) is 1.87. The fraction of sp³-hybridized carbons (Fsp3) is 0.200. The van der Waals surface area contributed by atoms with Crippen LogP contribution in [0.5, 0.6) is 0 Å². The summed E-state index contributed by atoms with van der Waals surface area (Å²) >= 11 is 0. The Morgan fingerprint density at radius 1 is 1.22 bits per heavy atom. The Kier molecular flexibility index (Phi) is 3.93. The van der Waals surface area contributed by atoms with Crippen molar-refractivity contribution in [3.8, 4) is 6.07 Å². The second kappa shape index (κ2) is 5.83. The van der Waals surface area contributed by atoms with Gasteiger partial charge in [0.05, 0.1) is 0 Å². The minimum absolute atomic E-state index is 0.434. The van der Waals surface area contributed by atoms with Gasteiger partial charge in [0, 0.05) is 18.4 Å². The van der Waals surface area contributed by atoms with Crippen LogP contribution in [0.15, 0.2) is 42.6 Å². The molecule has 3 nitrogen and oxygen atoms in total. The van der Waals surface area contributed by atoms with Crippen molar-refractivity contribution in [2.75, 3.05) is 5.32 Å². The molecule has 1 aromatic carbocycles. The minimum atomic E-state index is 0.434. The van der Waals surface area contributed by atoms with Crippen LogP contribution in [0.4, 0.5) is 5.69 Å². The van der Waals surface area contributed by atoms with Gasteiger partial charge in [0.25, 0.3) is 0 Å². The number of benzene rings is 1.